The van der Waals surface area contributed by atoms with E-state index >= 15 is 0 Å². The molecule has 1 aromatic carbocycles. The van der Waals surface area contributed by atoms with E-state index in [0.29, 0.717) is 5.92 Å². The molecule has 2 heterocycles. The third-order valence-electron chi connectivity index (χ3n) is 3.67. The van der Waals surface area contributed by atoms with Crippen molar-refractivity contribution < 1.29 is 4.39 Å². The number of hydrogen-bond donors (Lipinski definition) is 1. The third kappa shape index (κ3) is 2.10. The molecule has 0 atom stereocenters. The number of aromatic nitrogens is 2. The Morgan fingerprint density at radius 3 is 2.61 bits per heavy atom. The lowest BCUT2D eigenvalue weighted by Crippen LogP contribution is -2.33. The van der Waals surface area contributed by atoms with Crippen molar-refractivity contribution in [3.63, 3.8) is 0 Å². The predicted molar refractivity (Wildman–Crippen MR) is 69.2 cm³/mol. The van der Waals surface area contributed by atoms with Crippen LogP contribution in [0.25, 0.3) is 0 Å². The molecular formula is C14H16FN3. The van der Waals surface area contributed by atoms with Crippen molar-refractivity contribution in [1.29, 1.82) is 0 Å². The van der Waals surface area contributed by atoms with Crippen molar-refractivity contribution in [3.8, 4) is 0 Å². The maximum atomic E-state index is 13.7. The van der Waals surface area contributed by atoms with Gasteiger partial charge in [0.2, 0.25) is 0 Å². The zero-order valence-corrected chi connectivity index (χ0v) is 10.1. The van der Waals surface area contributed by atoms with Gasteiger partial charge in [-0.05, 0) is 30.4 Å². The fraction of sp³-hybridized carbons (Fsp3) is 0.357. The normalized spacial score (nSPS) is 17.1. The van der Waals surface area contributed by atoms with Crippen LogP contribution in [0.15, 0.2) is 36.5 Å². The average Bonchev–Trinajstić information content (AvgIpc) is 2.94. The molecule has 1 aromatic heterocycles. The Balaban J connectivity index is 1.69. The van der Waals surface area contributed by atoms with E-state index in [1.165, 1.54) is 0 Å². The molecule has 3 nitrogen and oxygen atoms in total. The van der Waals surface area contributed by atoms with E-state index in [1.807, 2.05) is 18.2 Å². The summed E-state index contributed by atoms with van der Waals surface area (Å²) in [6, 6.07) is 9.10. The number of anilines is 1. The van der Waals surface area contributed by atoms with Gasteiger partial charge in [0.05, 0.1) is 6.20 Å². The van der Waals surface area contributed by atoms with Crippen LogP contribution in [0, 0.1) is 5.82 Å². The van der Waals surface area contributed by atoms with Crippen molar-refractivity contribution in [2.75, 3.05) is 18.0 Å². The van der Waals surface area contributed by atoms with Crippen LogP contribution >= 0.6 is 0 Å². The molecule has 0 amide bonds. The lowest BCUT2D eigenvalue weighted by atomic mass is 9.89. The molecule has 1 saturated heterocycles. The number of hydrogen-bond acceptors (Lipinski definition) is 2. The van der Waals surface area contributed by atoms with Crippen LogP contribution in [0.2, 0.25) is 0 Å². The minimum Gasteiger partial charge on any atom is -0.357 e. The van der Waals surface area contributed by atoms with Crippen molar-refractivity contribution >= 4 is 5.82 Å². The lowest BCUT2D eigenvalue weighted by molar-refractivity contribution is 0.479. The summed E-state index contributed by atoms with van der Waals surface area (Å²) < 4.78 is 13.7. The summed E-state index contributed by atoms with van der Waals surface area (Å²) in [5.74, 6) is 1.32. The topological polar surface area (TPSA) is 31.9 Å². The zero-order chi connectivity index (χ0) is 12.4. The molecule has 1 fully saturated rings. The molecule has 1 N–H and O–H groups in total. The smallest absolute Gasteiger partial charge is 0.126 e. The molecule has 0 bridgehead atoms. The van der Waals surface area contributed by atoms with Crippen LogP contribution in [0.4, 0.5) is 10.2 Å². The largest absolute Gasteiger partial charge is 0.357 e. The Bertz CT molecular complexity index is 502. The number of aromatic amines is 1. The summed E-state index contributed by atoms with van der Waals surface area (Å²) in [4.78, 5) is 2.27. The maximum Gasteiger partial charge on any atom is 0.126 e. The lowest BCUT2D eigenvalue weighted by Gasteiger charge is -2.32. The van der Waals surface area contributed by atoms with E-state index < -0.39 is 0 Å². The van der Waals surface area contributed by atoms with E-state index in [-0.39, 0.29) is 5.82 Å². The SMILES string of the molecule is Fc1ccccc1C1CCN(c2ccn[nH]2)CC1. The Hall–Kier alpha value is -1.84. The molecule has 0 unspecified atom stereocenters. The zero-order valence-electron chi connectivity index (χ0n) is 10.1. The Morgan fingerprint density at radius 1 is 1.17 bits per heavy atom. The Morgan fingerprint density at radius 2 is 1.94 bits per heavy atom. The molecule has 3 rings (SSSR count). The summed E-state index contributed by atoms with van der Waals surface area (Å²) >= 11 is 0. The first-order valence-electron chi connectivity index (χ1n) is 6.33. The second-order valence-corrected chi connectivity index (χ2v) is 4.72. The average molecular weight is 245 g/mol. The van der Waals surface area contributed by atoms with Gasteiger partial charge >= 0.3 is 0 Å². The van der Waals surface area contributed by atoms with Crippen LogP contribution in [-0.2, 0) is 0 Å². The molecule has 0 saturated carbocycles. The highest BCUT2D eigenvalue weighted by atomic mass is 19.1. The Kier molecular flexibility index (Phi) is 3.00. The highest BCUT2D eigenvalue weighted by molar-refractivity contribution is 5.37. The summed E-state index contributed by atoms with van der Waals surface area (Å²) in [6.07, 6.45) is 3.73. The molecule has 94 valence electrons. The first-order valence-corrected chi connectivity index (χ1v) is 6.33. The number of nitrogens with zero attached hydrogens (tertiary/aromatic N) is 2. The number of piperidine rings is 1. The number of benzene rings is 1. The van der Waals surface area contributed by atoms with Crippen molar-refractivity contribution in [3.05, 3.63) is 47.9 Å². The van der Waals surface area contributed by atoms with Gasteiger partial charge in [0.25, 0.3) is 0 Å². The Labute approximate surface area is 106 Å². The standard InChI is InChI=1S/C14H16FN3/c15-13-4-2-1-3-12(13)11-6-9-18(10-7-11)14-5-8-16-17-14/h1-5,8,11H,6-7,9-10H2,(H,16,17). The second-order valence-electron chi connectivity index (χ2n) is 4.72. The summed E-state index contributed by atoms with van der Waals surface area (Å²) in [7, 11) is 0. The molecule has 1 aliphatic heterocycles. The number of nitrogens with one attached hydrogen (secondary N) is 1. The summed E-state index contributed by atoms with van der Waals surface area (Å²) in [5, 5.41) is 6.94. The van der Waals surface area contributed by atoms with Gasteiger partial charge in [-0.25, -0.2) is 4.39 Å². The van der Waals surface area contributed by atoms with Crippen LogP contribution in [0.3, 0.4) is 0 Å². The van der Waals surface area contributed by atoms with E-state index in [2.05, 4.69) is 15.1 Å². The van der Waals surface area contributed by atoms with Gasteiger partial charge in [0, 0.05) is 19.2 Å². The monoisotopic (exact) mass is 245 g/mol. The van der Waals surface area contributed by atoms with E-state index in [0.717, 1.165) is 37.3 Å². The van der Waals surface area contributed by atoms with E-state index in [4.69, 9.17) is 0 Å². The first-order chi connectivity index (χ1) is 8.84. The number of halogens is 1. The molecule has 2 aromatic rings. The molecule has 1 aliphatic rings. The minimum atomic E-state index is -0.0718. The van der Waals surface area contributed by atoms with Crippen LogP contribution in [-0.4, -0.2) is 23.3 Å². The van der Waals surface area contributed by atoms with E-state index in [1.54, 1.807) is 18.3 Å². The molecule has 4 heteroatoms. The van der Waals surface area contributed by atoms with Gasteiger partial charge in [-0.1, -0.05) is 18.2 Å². The molecular weight excluding hydrogens is 229 g/mol. The predicted octanol–water partition coefficient (Wildman–Crippen LogP) is 2.93. The van der Waals surface area contributed by atoms with Gasteiger partial charge in [0.1, 0.15) is 11.6 Å². The highest BCUT2D eigenvalue weighted by Gasteiger charge is 2.23. The minimum absolute atomic E-state index is 0.0718. The van der Waals surface area contributed by atoms with Gasteiger partial charge in [-0.2, -0.15) is 5.10 Å². The molecule has 0 radical (unpaired) electrons. The first kappa shape index (κ1) is 11.3. The van der Waals surface area contributed by atoms with Crippen molar-refractivity contribution in [2.24, 2.45) is 0 Å². The summed E-state index contributed by atoms with van der Waals surface area (Å²) in [6.45, 7) is 1.89. The van der Waals surface area contributed by atoms with E-state index in [9.17, 15) is 4.39 Å². The quantitative estimate of drug-likeness (QED) is 0.882. The highest BCUT2D eigenvalue weighted by Crippen LogP contribution is 2.30. The van der Waals surface area contributed by atoms with Gasteiger partial charge in [-0.15, -0.1) is 0 Å². The summed E-state index contributed by atoms with van der Waals surface area (Å²) in [5.41, 5.74) is 0.863. The second kappa shape index (κ2) is 4.80. The molecule has 18 heavy (non-hydrogen) atoms. The molecule has 0 aliphatic carbocycles. The third-order valence-corrected chi connectivity index (χ3v) is 3.67. The van der Waals surface area contributed by atoms with Gasteiger partial charge in [0.15, 0.2) is 0 Å². The van der Waals surface area contributed by atoms with Gasteiger partial charge < -0.3 is 4.90 Å². The number of H-pyrrole nitrogens is 1. The van der Waals surface area contributed by atoms with Crippen molar-refractivity contribution in [1.82, 2.24) is 10.2 Å². The maximum absolute atomic E-state index is 13.7. The fourth-order valence-electron chi connectivity index (χ4n) is 2.66. The van der Waals surface area contributed by atoms with Crippen LogP contribution < -0.4 is 4.90 Å². The molecule has 0 spiro atoms. The fourth-order valence-corrected chi connectivity index (χ4v) is 2.66. The van der Waals surface area contributed by atoms with Gasteiger partial charge in [-0.3, -0.25) is 5.10 Å². The number of rotatable bonds is 2. The van der Waals surface area contributed by atoms with Crippen LogP contribution in [0.5, 0.6) is 0 Å². The van der Waals surface area contributed by atoms with Crippen LogP contribution in [0.1, 0.15) is 24.3 Å². The van der Waals surface area contributed by atoms with Crippen molar-refractivity contribution in [2.45, 2.75) is 18.8 Å².